The molecule has 2 heterocycles. The number of rotatable bonds is 7. The van der Waals surface area contributed by atoms with E-state index in [4.69, 9.17) is 9.40 Å². The second-order valence-electron chi connectivity index (χ2n) is 11.2. The fourth-order valence-electron chi connectivity index (χ4n) is 6.58. The van der Waals surface area contributed by atoms with Gasteiger partial charge in [-0.25, -0.2) is 4.98 Å². The first-order valence-corrected chi connectivity index (χ1v) is 13.9. The van der Waals surface area contributed by atoms with Gasteiger partial charge in [-0.3, -0.25) is 14.9 Å². The molecule has 2 aromatic heterocycles. The standard InChI is InChI=1S/C29H35N3O5S/c1-17(18-8-5-4-6-9-18)30-24(35)14-19-25-21(38-27(31-25)32-26(36)20-10-7-13-37-20)15-22-28(19,2)12-11-23(34)29(22,3)16-33/h4-10,13,17,19,22-23,33-34H,11-12,14-16H2,1-3H3,(H,30,35)(H,31,32,36). The van der Waals surface area contributed by atoms with E-state index in [0.29, 0.717) is 24.4 Å². The zero-order valence-electron chi connectivity index (χ0n) is 21.9. The third-order valence-corrected chi connectivity index (χ3v) is 9.93. The Balaban J connectivity index is 1.47. The van der Waals surface area contributed by atoms with Crippen molar-refractivity contribution in [2.45, 2.75) is 64.5 Å². The van der Waals surface area contributed by atoms with Gasteiger partial charge in [0.25, 0.3) is 5.91 Å². The Kier molecular flexibility index (Phi) is 7.19. The summed E-state index contributed by atoms with van der Waals surface area (Å²) in [6.07, 6.45) is 2.91. The van der Waals surface area contributed by atoms with Crippen LogP contribution in [0, 0.1) is 16.7 Å². The van der Waals surface area contributed by atoms with Crippen molar-refractivity contribution in [1.82, 2.24) is 10.3 Å². The first-order valence-electron chi connectivity index (χ1n) is 13.1. The molecule has 4 N–H and O–H groups in total. The quantitative estimate of drug-likeness (QED) is 0.347. The van der Waals surface area contributed by atoms with Crippen molar-refractivity contribution in [2.24, 2.45) is 16.7 Å². The average molecular weight is 538 g/mol. The Morgan fingerprint density at radius 1 is 1.21 bits per heavy atom. The van der Waals surface area contributed by atoms with Crippen LogP contribution in [0.3, 0.4) is 0 Å². The monoisotopic (exact) mass is 537 g/mol. The van der Waals surface area contributed by atoms with E-state index >= 15 is 0 Å². The molecule has 1 aromatic carbocycles. The van der Waals surface area contributed by atoms with E-state index in [1.54, 1.807) is 12.1 Å². The predicted molar refractivity (Wildman–Crippen MR) is 145 cm³/mol. The molecule has 0 aliphatic heterocycles. The van der Waals surface area contributed by atoms with E-state index in [2.05, 4.69) is 17.6 Å². The summed E-state index contributed by atoms with van der Waals surface area (Å²) in [4.78, 5) is 31.9. The lowest BCUT2D eigenvalue weighted by Crippen LogP contribution is -2.57. The van der Waals surface area contributed by atoms with Crippen LogP contribution < -0.4 is 10.6 Å². The molecule has 1 fully saturated rings. The maximum atomic E-state index is 13.4. The Labute approximate surface area is 226 Å². The van der Waals surface area contributed by atoms with Crippen LogP contribution in [-0.2, 0) is 11.2 Å². The van der Waals surface area contributed by atoms with Crippen molar-refractivity contribution in [3.63, 3.8) is 0 Å². The lowest BCUT2D eigenvalue weighted by atomic mass is 9.47. The van der Waals surface area contributed by atoms with Crippen molar-refractivity contribution < 1.29 is 24.2 Å². The van der Waals surface area contributed by atoms with Crippen LogP contribution in [-0.4, -0.2) is 39.7 Å². The zero-order valence-corrected chi connectivity index (χ0v) is 22.8. The number of nitrogens with one attached hydrogen (secondary N) is 2. The number of furan rings is 1. The Morgan fingerprint density at radius 3 is 2.66 bits per heavy atom. The minimum absolute atomic E-state index is 0.0605. The molecule has 2 aliphatic rings. The number of aliphatic hydroxyl groups excluding tert-OH is 2. The summed E-state index contributed by atoms with van der Waals surface area (Å²) in [5, 5.41) is 27.8. The van der Waals surface area contributed by atoms with E-state index in [9.17, 15) is 19.8 Å². The highest BCUT2D eigenvalue weighted by Crippen LogP contribution is 2.62. The van der Waals surface area contributed by atoms with Crippen molar-refractivity contribution in [2.75, 3.05) is 11.9 Å². The molecule has 38 heavy (non-hydrogen) atoms. The number of hydrogen-bond donors (Lipinski definition) is 4. The van der Waals surface area contributed by atoms with Crippen LogP contribution in [0.15, 0.2) is 53.1 Å². The van der Waals surface area contributed by atoms with Gasteiger partial charge in [0.1, 0.15) is 0 Å². The van der Waals surface area contributed by atoms with E-state index in [0.717, 1.165) is 16.1 Å². The Bertz CT molecular complexity index is 1290. The van der Waals surface area contributed by atoms with E-state index in [1.165, 1.54) is 17.6 Å². The first-order chi connectivity index (χ1) is 18.2. The van der Waals surface area contributed by atoms with Crippen LogP contribution in [0.25, 0.3) is 0 Å². The summed E-state index contributed by atoms with van der Waals surface area (Å²) in [6, 6.07) is 12.9. The van der Waals surface area contributed by atoms with Gasteiger partial charge in [0, 0.05) is 22.6 Å². The fourth-order valence-corrected chi connectivity index (χ4v) is 7.64. The molecule has 9 heteroatoms. The van der Waals surface area contributed by atoms with Crippen LogP contribution in [0.4, 0.5) is 5.13 Å². The maximum absolute atomic E-state index is 13.4. The highest BCUT2D eigenvalue weighted by molar-refractivity contribution is 7.15. The minimum atomic E-state index is -0.710. The first kappa shape index (κ1) is 26.6. The molecule has 1 saturated carbocycles. The third-order valence-electron chi connectivity index (χ3n) is 8.93. The van der Waals surface area contributed by atoms with Gasteiger partial charge in [-0.2, -0.15) is 0 Å². The molecule has 0 saturated heterocycles. The molecule has 3 aromatic rings. The molecule has 2 amide bonds. The Morgan fingerprint density at radius 2 is 1.97 bits per heavy atom. The molecule has 5 rings (SSSR count). The third kappa shape index (κ3) is 4.67. The van der Waals surface area contributed by atoms with Crippen molar-refractivity contribution >= 4 is 28.3 Å². The number of aliphatic hydroxyl groups is 2. The number of thiazole rings is 1. The molecule has 8 nitrogen and oxygen atoms in total. The van der Waals surface area contributed by atoms with E-state index < -0.39 is 11.5 Å². The number of fused-ring (bicyclic) bond motifs is 2. The van der Waals surface area contributed by atoms with Crippen molar-refractivity contribution in [3.8, 4) is 0 Å². The zero-order chi connectivity index (χ0) is 27.1. The topological polar surface area (TPSA) is 125 Å². The lowest BCUT2D eigenvalue weighted by Gasteiger charge is -2.58. The normalized spacial score (nSPS) is 29.1. The van der Waals surface area contributed by atoms with E-state index in [-0.39, 0.29) is 53.9 Å². The Hall–Kier alpha value is -3.01. The molecule has 2 aliphatic carbocycles. The summed E-state index contributed by atoms with van der Waals surface area (Å²) >= 11 is 1.39. The molecule has 0 spiro atoms. The fraction of sp³-hybridized carbons (Fsp3) is 0.483. The second kappa shape index (κ2) is 10.3. The largest absolute Gasteiger partial charge is 0.459 e. The summed E-state index contributed by atoms with van der Waals surface area (Å²) in [5.41, 5.74) is 0.772. The number of carbonyl (C=O) groups excluding carboxylic acids is 2. The molecular formula is C29H35N3O5S. The van der Waals surface area contributed by atoms with Gasteiger partial charge in [0.05, 0.1) is 30.7 Å². The number of aromatic nitrogens is 1. The summed E-state index contributed by atoms with van der Waals surface area (Å²) < 4.78 is 5.22. The minimum Gasteiger partial charge on any atom is -0.459 e. The second-order valence-corrected chi connectivity index (χ2v) is 12.3. The molecule has 0 radical (unpaired) electrons. The van der Waals surface area contributed by atoms with E-state index in [1.807, 2.05) is 44.2 Å². The van der Waals surface area contributed by atoms with Crippen molar-refractivity contribution in [3.05, 3.63) is 70.6 Å². The summed E-state index contributed by atoms with van der Waals surface area (Å²) in [5.74, 6) is -0.560. The lowest BCUT2D eigenvalue weighted by molar-refractivity contribution is -0.144. The van der Waals surface area contributed by atoms with Gasteiger partial charge < -0.3 is 19.9 Å². The van der Waals surface area contributed by atoms with Gasteiger partial charge in [0.15, 0.2) is 10.9 Å². The van der Waals surface area contributed by atoms with Crippen LogP contribution in [0.2, 0.25) is 0 Å². The number of benzene rings is 1. The van der Waals surface area contributed by atoms with Gasteiger partial charge in [0.2, 0.25) is 5.91 Å². The van der Waals surface area contributed by atoms with Gasteiger partial charge in [-0.15, -0.1) is 11.3 Å². The van der Waals surface area contributed by atoms with Gasteiger partial charge >= 0.3 is 0 Å². The van der Waals surface area contributed by atoms with Crippen LogP contribution >= 0.6 is 11.3 Å². The van der Waals surface area contributed by atoms with Gasteiger partial charge in [-0.05, 0) is 55.2 Å². The highest BCUT2D eigenvalue weighted by atomic mass is 32.1. The average Bonchev–Trinajstić information content (AvgIpc) is 3.58. The summed E-state index contributed by atoms with van der Waals surface area (Å²) in [7, 11) is 0. The summed E-state index contributed by atoms with van der Waals surface area (Å²) in [6.45, 7) is 5.93. The number of hydrogen-bond acceptors (Lipinski definition) is 7. The molecule has 202 valence electrons. The predicted octanol–water partition coefficient (Wildman–Crippen LogP) is 4.67. The molecule has 6 unspecified atom stereocenters. The van der Waals surface area contributed by atoms with Crippen molar-refractivity contribution in [1.29, 1.82) is 0 Å². The number of carbonyl (C=O) groups is 2. The van der Waals surface area contributed by atoms with Crippen LogP contribution in [0.5, 0.6) is 0 Å². The SMILES string of the molecule is CC(NC(=O)CC1c2nc(NC(=O)c3ccco3)sc2CC2C(C)(CO)C(O)CCC12C)c1ccccc1. The number of anilines is 1. The van der Waals surface area contributed by atoms with Crippen LogP contribution in [0.1, 0.15) is 78.7 Å². The molecule has 0 bridgehead atoms. The molecular weight excluding hydrogens is 502 g/mol. The highest BCUT2D eigenvalue weighted by Gasteiger charge is 2.59. The maximum Gasteiger partial charge on any atom is 0.293 e. The number of nitrogens with zero attached hydrogens (tertiary/aromatic N) is 1. The van der Waals surface area contributed by atoms with Gasteiger partial charge in [-0.1, -0.05) is 44.2 Å². The number of amides is 2. The molecule has 6 atom stereocenters. The smallest absolute Gasteiger partial charge is 0.293 e.